The zero-order chi connectivity index (χ0) is 13.1. The van der Waals surface area contributed by atoms with Crippen LogP contribution < -0.4 is 0 Å². The lowest BCUT2D eigenvalue weighted by atomic mass is 10.3. The summed E-state index contributed by atoms with van der Waals surface area (Å²) in [6.45, 7) is 0.176. The van der Waals surface area contributed by atoms with Crippen molar-refractivity contribution in [2.24, 2.45) is 0 Å². The van der Waals surface area contributed by atoms with Crippen molar-refractivity contribution in [1.82, 2.24) is 14.8 Å². The van der Waals surface area contributed by atoms with Gasteiger partial charge in [-0.3, -0.25) is 0 Å². The molecular weight excluding hydrogens is 240 g/mol. The average molecular weight is 248 g/mol. The summed E-state index contributed by atoms with van der Waals surface area (Å²) in [7, 11) is 0. The zero-order valence-corrected chi connectivity index (χ0v) is 9.05. The average Bonchev–Trinajstić information content (AvgIpc) is 2.78. The smallest absolute Gasteiger partial charge is 0.389 e. The van der Waals surface area contributed by atoms with Crippen molar-refractivity contribution in [1.29, 1.82) is 0 Å². The molecule has 0 spiro atoms. The molecule has 0 fully saturated rings. The molecule has 1 N–H and O–H groups in total. The van der Waals surface area contributed by atoms with E-state index in [4.69, 9.17) is 5.11 Å². The molecule has 0 bridgehead atoms. The van der Waals surface area contributed by atoms with E-state index in [-0.39, 0.29) is 18.1 Å². The van der Waals surface area contributed by atoms with Crippen LogP contribution in [-0.2, 0) is 6.54 Å². The van der Waals surface area contributed by atoms with E-state index in [1.165, 1.54) is 23.0 Å². The molecule has 0 unspecified atom stereocenters. The fourth-order valence-electron chi connectivity index (χ4n) is 1.39. The van der Waals surface area contributed by atoms with E-state index < -0.39 is 10.9 Å². The third-order valence-corrected chi connectivity index (χ3v) is 2.16. The summed E-state index contributed by atoms with van der Waals surface area (Å²) in [4.78, 5) is 24.5. The van der Waals surface area contributed by atoms with E-state index in [2.05, 4.69) is 10.1 Å². The molecule has 0 aromatic carbocycles. The molecule has 0 aliphatic carbocycles. The number of hydrogen-bond acceptors (Lipinski definition) is 5. The van der Waals surface area contributed by atoms with Crippen LogP contribution in [0.25, 0.3) is 0 Å². The minimum atomic E-state index is -1.12. The van der Waals surface area contributed by atoms with Gasteiger partial charge in [-0.05, 0) is 17.1 Å². The summed E-state index contributed by atoms with van der Waals surface area (Å²) in [5.41, 5.74) is 0.391. The maximum absolute atomic E-state index is 10.7. The fourth-order valence-corrected chi connectivity index (χ4v) is 1.39. The fraction of sp³-hybridized carbons (Fsp3) is 0.100. The molecule has 0 saturated carbocycles. The third-order valence-electron chi connectivity index (χ3n) is 2.16. The molecule has 92 valence electrons. The number of carboxylic acids is 1. The topological polar surface area (TPSA) is 111 Å². The molecule has 18 heavy (non-hydrogen) atoms. The Morgan fingerprint density at radius 1 is 1.44 bits per heavy atom. The van der Waals surface area contributed by atoms with Crippen molar-refractivity contribution in [2.45, 2.75) is 6.54 Å². The Balaban J connectivity index is 2.20. The number of hydrogen-bond donors (Lipinski definition) is 1. The van der Waals surface area contributed by atoms with Crippen LogP contribution in [0.2, 0.25) is 0 Å². The standard InChI is InChI=1S/C10H8N4O4/c15-10(16)8-3-1-2-7(11-8)6-13-5-4-9(12-13)14(17)18/h1-5H,6H2,(H,15,16). The number of nitro groups is 1. The Kier molecular flexibility index (Phi) is 3.00. The Morgan fingerprint density at radius 3 is 2.83 bits per heavy atom. The summed E-state index contributed by atoms with van der Waals surface area (Å²) >= 11 is 0. The maximum Gasteiger partial charge on any atom is 0.389 e. The van der Waals surface area contributed by atoms with E-state index in [9.17, 15) is 14.9 Å². The molecule has 0 radical (unpaired) electrons. The van der Waals surface area contributed by atoms with Crippen LogP contribution in [-0.4, -0.2) is 30.8 Å². The second-order valence-electron chi connectivity index (χ2n) is 3.45. The first-order chi connectivity index (χ1) is 8.56. The number of nitrogens with zero attached hydrogens (tertiary/aromatic N) is 4. The zero-order valence-electron chi connectivity index (χ0n) is 9.05. The number of rotatable bonds is 4. The Hall–Kier alpha value is -2.77. The number of aromatic carboxylic acids is 1. The first kappa shape index (κ1) is 11.7. The minimum Gasteiger partial charge on any atom is -0.477 e. The van der Waals surface area contributed by atoms with Crippen molar-refractivity contribution >= 4 is 11.8 Å². The molecule has 2 rings (SSSR count). The van der Waals surface area contributed by atoms with Crippen molar-refractivity contribution in [3.05, 3.63) is 52.0 Å². The Bertz CT molecular complexity index is 607. The number of carboxylic acid groups (broad SMARTS) is 1. The van der Waals surface area contributed by atoms with Crippen LogP contribution in [0.1, 0.15) is 16.2 Å². The predicted molar refractivity (Wildman–Crippen MR) is 59.2 cm³/mol. The van der Waals surface area contributed by atoms with Crippen molar-refractivity contribution in [3.63, 3.8) is 0 Å². The van der Waals surface area contributed by atoms with Gasteiger partial charge in [-0.2, -0.15) is 4.68 Å². The van der Waals surface area contributed by atoms with Crippen LogP contribution >= 0.6 is 0 Å². The summed E-state index contributed by atoms with van der Waals surface area (Å²) in [5, 5.41) is 22.9. The van der Waals surface area contributed by atoms with Crippen LogP contribution in [0.4, 0.5) is 5.82 Å². The second kappa shape index (κ2) is 4.62. The summed E-state index contributed by atoms with van der Waals surface area (Å²) in [5.74, 6) is -1.38. The van der Waals surface area contributed by atoms with Crippen LogP contribution in [0.3, 0.4) is 0 Å². The van der Waals surface area contributed by atoms with Crippen molar-refractivity contribution in [2.75, 3.05) is 0 Å². The molecule has 0 saturated heterocycles. The molecule has 0 aliphatic heterocycles. The molecule has 0 atom stereocenters. The highest BCUT2D eigenvalue weighted by Crippen LogP contribution is 2.07. The van der Waals surface area contributed by atoms with Crippen LogP contribution in [0, 0.1) is 10.1 Å². The SMILES string of the molecule is O=C(O)c1cccc(Cn2ccc([N+](=O)[O-])n2)n1. The van der Waals surface area contributed by atoms with Crippen LogP contribution in [0.5, 0.6) is 0 Å². The highest BCUT2D eigenvalue weighted by Gasteiger charge is 2.12. The molecule has 2 aromatic rings. The lowest BCUT2D eigenvalue weighted by Gasteiger charge is -1.99. The second-order valence-corrected chi connectivity index (χ2v) is 3.45. The van der Waals surface area contributed by atoms with E-state index in [1.807, 2.05) is 0 Å². The predicted octanol–water partition coefficient (Wildman–Crippen LogP) is 0.933. The van der Waals surface area contributed by atoms with Gasteiger partial charge in [-0.1, -0.05) is 6.07 Å². The highest BCUT2D eigenvalue weighted by atomic mass is 16.6. The summed E-state index contributed by atoms with van der Waals surface area (Å²) in [6.07, 6.45) is 1.44. The highest BCUT2D eigenvalue weighted by molar-refractivity contribution is 5.85. The summed E-state index contributed by atoms with van der Waals surface area (Å²) in [6, 6.07) is 5.82. The number of aromatic nitrogens is 3. The molecule has 2 aromatic heterocycles. The lowest BCUT2D eigenvalue weighted by molar-refractivity contribution is -0.389. The van der Waals surface area contributed by atoms with Gasteiger partial charge < -0.3 is 15.2 Å². The largest absolute Gasteiger partial charge is 0.477 e. The van der Waals surface area contributed by atoms with E-state index in [0.29, 0.717) is 5.69 Å². The van der Waals surface area contributed by atoms with Gasteiger partial charge in [0, 0.05) is 0 Å². The van der Waals surface area contributed by atoms with Gasteiger partial charge in [0.2, 0.25) is 0 Å². The van der Waals surface area contributed by atoms with E-state index in [1.54, 1.807) is 12.1 Å². The maximum atomic E-state index is 10.7. The van der Waals surface area contributed by atoms with E-state index in [0.717, 1.165) is 0 Å². The van der Waals surface area contributed by atoms with Gasteiger partial charge in [0.1, 0.15) is 12.2 Å². The van der Waals surface area contributed by atoms with Gasteiger partial charge in [-0.15, -0.1) is 0 Å². The first-order valence-corrected chi connectivity index (χ1v) is 4.93. The third kappa shape index (κ3) is 2.48. The molecule has 8 nitrogen and oxygen atoms in total. The van der Waals surface area contributed by atoms with Crippen LogP contribution in [0.15, 0.2) is 30.5 Å². The summed E-state index contributed by atoms with van der Waals surface area (Å²) < 4.78 is 1.33. The Morgan fingerprint density at radius 2 is 2.22 bits per heavy atom. The van der Waals surface area contributed by atoms with Gasteiger partial charge in [-0.25, -0.2) is 9.78 Å². The molecule has 0 aliphatic rings. The molecule has 8 heteroatoms. The van der Waals surface area contributed by atoms with Gasteiger partial charge >= 0.3 is 11.8 Å². The molecule has 2 heterocycles. The first-order valence-electron chi connectivity index (χ1n) is 4.93. The quantitative estimate of drug-likeness (QED) is 0.636. The van der Waals surface area contributed by atoms with Gasteiger partial charge in [0.05, 0.1) is 23.1 Å². The van der Waals surface area contributed by atoms with Gasteiger partial charge in [0.15, 0.2) is 0 Å². The molecular formula is C10H8N4O4. The van der Waals surface area contributed by atoms with Gasteiger partial charge in [0.25, 0.3) is 0 Å². The lowest BCUT2D eigenvalue weighted by Crippen LogP contribution is -2.07. The molecule has 0 amide bonds. The van der Waals surface area contributed by atoms with Crippen molar-refractivity contribution in [3.8, 4) is 0 Å². The monoisotopic (exact) mass is 248 g/mol. The number of pyridine rings is 1. The van der Waals surface area contributed by atoms with Crippen molar-refractivity contribution < 1.29 is 14.8 Å². The number of carbonyl (C=O) groups is 1. The minimum absolute atomic E-state index is 0.0749. The van der Waals surface area contributed by atoms with E-state index >= 15 is 0 Å². The normalized spacial score (nSPS) is 10.2. The Labute approximate surface area is 101 Å².